The maximum atomic E-state index is 14.5. The predicted octanol–water partition coefficient (Wildman–Crippen LogP) is 4.18. The van der Waals surface area contributed by atoms with Gasteiger partial charge in [-0.2, -0.15) is 27.7 Å². The number of aromatic hydroxyl groups is 1. The number of nitrogens with zero attached hydrogens (tertiary/aromatic N) is 10. The molecule has 2 aliphatic heterocycles. The minimum atomic E-state index is -4.63. The van der Waals surface area contributed by atoms with Crippen LogP contribution in [0.25, 0.3) is 28.3 Å². The molecule has 2 fully saturated rings. The molecule has 6 aromatic rings. The lowest BCUT2D eigenvalue weighted by molar-refractivity contribution is -0.137. The van der Waals surface area contributed by atoms with Gasteiger partial charge in [0.05, 0.1) is 40.9 Å². The number of benzene rings is 2. The summed E-state index contributed by atoms with van der Waals surface area (Å²) in [6, 6.07) is 8.26. The highest BCUT2D eigenvalue weighted by Crippen LogP contribution is 2.34. The number of ether oxygens (including phenoxy) is 1. The Labute approximate surface area is 331 Å². The molecule has 8 rings (SSSR count). The summed E-state index contributed by atoms with van der Waals surface area (Å²) in [5.41, 5.74) is 0.810. The van der Waals surface area contributed by atoms with E-state index in [0.717, 1.165) is 22.7 Å². The number of aromatic nitrogens is 7. The number of fused-ring (bicyclic) bond motifs is 2. The van der Waals surface area contributed by atoms with Crippen molar-refractivity contribution < 1.29 is 37.0 Å². The van der Waals surface area contributed by atoms with Crippen molar-refractivity contribution in [3.8, 4) is 17.1 Å². The molecule has 17 nitrogen and oxygen atoms in total. The normalized spacial score (nSPS) is 15.1. The second-order valence-electron chi connectivity index (χ2n) is 13.6. The number of alkyl halides is 3. The molecular weight excluding hydrogens is 787 g/mol. The molecule has 302 valence electrons. The summed E-state index contributed by atoms with van der Waals surface area (Å²) in [4.78, 5) is 64.0. The number of carbonyl (C=O) groups is 2. The zero-order chi connectivity index (χ0) is 40.9. The van der Waals surface area contributed by atoms with Crippen LogP contribution in [0.1, 0.15) is 34.4 Å². The number of hydrogen-bond donors (Lipinski definition) is 2. The first kappa shape index (κ1) is 38.6. The molecule has 2 aliphatic rings. The molecular formula is C37H35ClF3N11O6. The number of halogens is 4. The highest BCUT2D eigenvalue weighted by atomic mass is 35.5. The molecule has 0 saturated carbocycles. The molecule has 21 heteroatoms. The van der Waals surface area contributed by atoms with Gasteiger partial charge < -0.3 is 38.8 Å². The summed E-state index contributed by atoms with van der Waals surface area (Å²) in [6.07, 6.45) is -3.19. The topological polar surface area (TPSA) is 189 Å². The predicted molar refractivity (Wildman–Crippen MR) is 204 cm³/mol. The molecule has 0 atom stereocenters. The SMILES string of the molecule is CCc1c(N2CCN(C(=O)c3ncnc(C)c3O)CC2)c(=O)n2nc(-c3ccc4nc(N5CCOCC5)oc4c3)nc2n1CC(=O)Nc1ccc(C(F)(F)F)cc1Cl. The molecule has 2 aromatic carbocycles. The highest BCUT2D eigenvalue weighted by molar-refractivity contribution is 6.33. The molecule has 0 radical (unpaired) electrons. The number of nitrogens with one attached hydrogen (secondary N) is 1. The maximum absolute atomic E-state index is 14.5. The van der Waals surface area contributed by atoms with Gasteiger partial charge in [-0.1, -0.05) is 18.5 Å². The summed E-state index contributed by atoms with van der Waals surface area (Å²) >= 11 is 6.17. The van der Waals surface area contributed by atoms with Gasteiger partial charge in [-0.25, -0.2) is 9.97 Å². The number of carbonyl (C=O) groups excluding carboxylic acids is 2. The number of hydrogen-bond acceptors (Lipinski definition) is 13. The van der Waals surface area contributed by atoms with Crippen molar-refractivity contribution in [1.82, 2.24) is 39.0 Å². The van der Waals surface area contributed by atoms with Crippen LogP contribution in [-0.2, 0) is 28.7 Å². The van der Waals surface area contributed by atoms with E-state index in [9.17, 15) is 32.7 Å². The molecule has 2 saturated heterocycles. The van der Waals surface area contributed by atoms with Crippen molar-refractivity contribution in [2.24, 2.45) is 0 Å². The van der Waals surface area contributed by atoms with E-state index in [1.807, 2.05) is 4.90 Å². The summed E-state index contributed by atoms with van der Waals surface area (Å²) in [5, 5.41) is 17.3. The Kier molecular flexibility index (Phi) is 10.1. The van der Waals surface area contributed by atoms with Crippen molar-refractivity contribution in [2.45, 2.75) is 33.0 Å². The van der Waals surface area contributed by atoms with Crippen LogP contribution in [0.15, 0.2) is 51.9 Å². The van der Waals surface area contributed by atoms with Gasteiger partial charge >= 0.3 is 6.18 Å². The van der Waals surface area contributed by atoms with Crippen LogP contribution < -0.4 is 20.7 Å². The fraction of sp³-hybridized carbons (Fsp3) is 0.351. The number of anilines is 3. The van der Waals surface area contributed by atoms with Crippen LogP contribution in [0.4, 0.5) is 30.6 Å². The first-order chi connectivity index (χ1) is 27.8. The minimum absolute atomic E-state index is 0.0318. The van der Waals surface area contributed by atoms with E-state index in [4.69, 9.17) is 25.7 Å². The molecule has 2 amide bonds. The van der Waals surface area contributed by atoms with Crippen LogP contribution in [0.2, 0.25) is 5.02 Å². The Morgan fingerprint density at radius 2 is 1.74 bits per heavy atom. The zero-order valence-electron chi connectivity index (χ0n) is 31.1. The molecule has 2 N–H and O–H groups in total. The molecule has 0 unspecified atom stereocenters. The number of amides is 2. The molecule has 6 heterocycles. The Hall–Kier alpha value is -6.28. The van der Waals surface area contributed by atoms with Gasteiger partial charge in [0.15, 0.2) is 22.9 Å². The van der Waals surface area contributed by atoms with Gasteiger partial charge in [-0.05, 0) is 49.7 Å². The van der Waals surface area contributed by atoms with E-state index in [0.29, 0.717) is 54.7 Å². The van der Waals surface area contributed by atoms with E-state index < -0.39 is 35.7 Å². The first-order valence-corrected chi connectivity index (χ1v) is 18.7. The Bertz CT molecular complexity index is 2630. The van der Waals surface area contributed by atoms with Crippen LogP contribution >= 0.6 is 11.6 Å². The first-order valence-electron chi connectivity index (χ1n) is 18.3. The van der Waals surface area contributed by atoms with Crippen molar-refractivity contribution in [2.75, 3.05) is 67.6 Å². The fourth-order valence-corrected chi connectivity index (χ4v) is 7.25. The smallest absolute Gasteiger partial charge is 0.416 e. The standard InChI is InChI=1S/C37H35ClF3N11O6/c1-3-26-30(48-8-10-49(11-9-48)33(55)29-31(54)20(2)42-19-43-29)34(56)52-35(51(26)18-28(53)44-24-7-5-22(17-23(24)38)37(39,40)41)46-32(47-52)21-4-6-25-27(16-21)58-36(45-25)50-12-14-57-15-13-50/h4-7,16-17,19,54H,3,8-15,18H2,1-2H3,(H,44,53). The summed E-state index contributed by atoms with van der Waals surface area (Å²) in [7, 11) is 0. The number of oxazole rings is 1. The van der Waals surface area contributed by atoms with Gasteiger partial charge in [0.1, 0.15) is 24.1 Å². The fourth-order valence-electron chi connectivity index (χ4n) is 7.03. The van der Waals surface area contributed by atoms with E-state index >= 15 is 0 Å². The van der Waals surface area contributed by atoms with E-state index in [2.05, 4.69) is 25.4 Å². The van der Waals surface area contributed by atoms with Crippen molar-refractivity contribution in [1.29, 1.82) is 0 Å². The Morgan fingerprint density at radius 1 is 0.983 bits per heavy atom. The van der Waals surface area contributed by atoms with Gasteiger partial charge in [-0.15, -0.1) is 5.10 Å². The largest absolute Gasteiger partial charge is 0.504 e. The van der Waals surface area contributed by atoms with Crippen LogP contribution in [0, 0.1) is 6.92 Å². The number of morpholine rings is 1. The third-order valence-electron chi connectivity index (χ3n) is 10.0. The Morgan fingerprint density at radius 3 is 2.45 bits per heavy atom. The lowest BCUT2D eigenvalue weighted by Crippen LogP contribution is -2.51. The minimum Gasteiger partial charge on any atom is -0.504 e. The molecule has 58 heavy (non-hydrogen) atoms. The van der Waals surface area contributed by atoms with Crippen LogP contribution in [0.3, 0.4) is 0 Å². The van der Waals surface area contributed by atoms with Gasteiger partial charge in [-0.3, -0.25) is 14.4 Å². The molecule has 0 aliphatic carbocycles. The quantitative estimate of drug-likeness (QED) is 0.223. The van der Waals surface area contributed by atoms with Gasteiger partial charge in [0.2, 0.25) is 11.7 Å². The number of rotatable bonds is 8. The van der Waals surface area contributed by atoms with Gasteiger partial charge in [0.25, 0.3) is 17.5 Å². The van der Waals surface area contributed by atoms with Crippen molar-refractivity contribution in [3.05, 3.63) is 80.7 Å². The second-order valence-corrected chi connectivity index (χ2v) is 14.0. The third kappa shape index (κ3) is 7.23. The lowest BCUT2D eigenvalue weighted by Gasteiger charge is -2.36. The summed E-state index contributed by atoms with van der Waals surface area (Å²) in [5.74, 6) is -1.28. The Balaban J connectivity index is 1.16. The zero-order valence-corrected chi connectivity index (χ0v) is 31.8. The van der Waals surface area contributed by atoms with Crippen LogP contribution in [-0.4, -0.2) is 108 Å². The summed E-state index contributed by atoms with van der Waals surface area (Å²) in [6.45, 7) is 6.01. The monoisotopic (exact) mass is 821 g/mol. The van der Waals surface area contributed by atoms with Crippen molar-refractivity contribution in [3.63, 3.8) is 0 Å². The summed E-state index contributed by atoms with van der Waals surface area (Å²) < 4.78 is 54.1. The van der Waals surface area contributed by atoms with Gasteiger partial charge in [0, 0.05) is 44.8 Å². The molecule has 0 spiro atoms. The number of piperazine rings is 1. The third-order valence-corrected chi connectivity index (χ3v) is 10.4. The molecule has 0 bridgehead atoms. The van der Waals surface area contributed by atoms with E-state index in [1.165, 1.54) is 15.8 Å². The van der Waals surface area contributed by atoms with E-state index in [-0.39, 0.29) is 77.7 Å². The average molecular weight is 822 g/mol. The average Bonchev–Trinajstić information content (AvgIpc) is 3.86. The van der Waals surface area contributed by atoms with E-state index in [1.54, 1.807) is 36.9 Å². The maximum Gasteiger partial charge on any atom is 0.416 e. The lowest BCUT2D eigenvalue weighted by atomic mass is 10.2. The highest BCUT2D eigenvalue weighted by Gasteiger charge is 2.32. The number of aryl methyl sites for hydroxylation is 1. The molecule has 4 aromatic heterocycles. The second kappa shape index (κ2) is 15.2. The van der Waals surface area contributed by atoms with Crippen molar-refractivity contribution >= 4 is 57.7 Å². The van der Waals surface area contributed by atoms with Crippen LogP contribution in [0.5, 0.6) is 5.75 Å².